The van der Waals surface area contributed by atoms with Crippen LogP contribution in [0.2, 0.25) is 0 Å². The summed E-state index contributed by atoms with van der Waals surface area (Å²) >= 11 is 0. The first kappa shape index (κ1) is 16.7. The van der Waals surface area contributed by atoms with E-state index in [0.29, 0.717) is 18.7 Å². The molecule has 0 saturated carbocycles. The second-order valence-corrected chi connectivity index (χ2v) is 5.68. The second-order valence-electron chi connectivity index (χ2n) is 5.68. The topological polar surface area (TPSA) is 84.2 Å². The first-order valence-electron chi connectivity index (χ1n) is 7.52. The molecule has 1 aromatic carbocycles. The number of hydrogen-bond acceptors (Lipinski definition) is 3. The Bertz CT molecular complexity index is 714. The van der Waals surface area contributed by atoms with Crippen molar-refractivity contribution in [1.82, 2.24) is 15.1 Å². The quantitative estimate of drug-likeness (QED) is 0.802. The molecule has 6 nitrogen and oxygen atoms in total. The van der Waals surface area contributed by atoms with Gasteiger partial charge in [-0.25, -0.2) is 4.68 Å². The summed E-state index contributed by atoms with van der Waals surface area (Å²) in [5.41, 5.74) is 4.39. The fraction of sp³-hybridized carbons (Fsp3) is 0.353. The van der Waals surface area contributed by atoms with E-state index in [-0.39, 0.29) is 12.3 Å². The molecule has 0 radical (unpaired) electrons. The first-order valence-corrected chi connectivity index (χ1v) is 7.52. The summed E-state index contributed by atoms with van der Waals surface area (Å²) in [6.07, 6.45) is 0.439. The van der Waals surface area contributed by atoms with Crippen LogP contribution in [0.3, 0.4) is 0 Å². The number of carboxylic acids is 1. The van der Waals surface area contributed by atoms with E-state index in [4.69, 9.17) is 5.11 Å². The summed E-state index contributed by atoms with van der Waals surface area (Å²) in [5.74, 6) is -1.16. The van der Waals surface area contributed by atoms with Crippen LogP contribution in [0.15, 0.2) is 24.3 Å². The molecule has 0 atom stereocenters. The monoisotopic (exact) mass is 315 g/mol. The van der Waals surface area contributed by atoms with Gasteiger partial charge in [-0.1, -0.05) is 6.07 Å². The predicted octanol–water partition coefficient (Wildman–Crippen LogP) is 2.39. The highest BCUT2D eigenvalue weighted by molar-refractivity contribution is 5.92. The number of aliphatic carboxylic acids is 1. The van der Waals surface area contributed by atoms with E-state index in [1.165, 1.54) is 0 Å². The first-order chi connectivity index (χ1) is 10.9. The van der Waals surface area contributed by atoms with E-state index in [1.54, 1.807) is 10.7 Å². The number of rotatable bonds is 6. The molecular formula is C17H21N3O3. The molecule has 0 aliphatic carbocycles. The zero-order valence-electron chi connectivity index (χ0n) is 13.6. The van der Waals surface area contributed by atoms with Crippen molar-refractivity contribution in [2.24, 2.45) is 0 Å². The standard InChI is InChI=1S/C17H21N3O3/c1-11-7-12(2)9-14(8-11)20-13(3)10-15(19-20)17(23)18-6-4-5-16(21)22/h7-10H,4-6H2,1-3H3,(H,18,23)(H,21,22). The molecule has 23 heavy (non-hydrogen) atoms. The molecule has 2 aromatic rings. The maximum absolute atomic E-state index is 12.1. The average Bonchev–Trinajstić information content (AvgIpc) is 2.84. The molecule has 0 aliphatic rings. The minimum absolute atomic E-state index is 0.0380. The van der Waals surface area contributed by atoms with Crippen LogP contribution < -0.4 is 5.32 Å². The number of nitrogens with zero attached hydrogens (tertiary/aromatic N) is 2. The van der Waals surface area contributed by atoms with E-state index in [1.807, 2.05) is 32.9 Å². The molecular weight excluding hydrogens is 294 g/mol. The van der Waals surface area contributed by atoms with Crippen LogP contribution in [-0.4, -0.2) is 33.3 Å². The van der Waals surface area contributed by atoms with Gasteiger partial charge in [0.2, 0.25) is 0 Å². The van der Waals surface area contributed by atoms with Crippen molar-refractivity contribution in [2.75, 3.05) is 6.54 Å². The van der Waals surface area contributed by atoms with Gasteiger partial charge in [0.1, 0.15) is 0 Å². The molecule has 2 N–H and O–H groups in total. The molecule has 0 fully saturated rings. The van der Waals surface area contributed by atoms with Crippen LogP contribution in [0.4, 0.5) is 0 Å². The Morgan fingerprint density at radius 3 is 2.39 bits per heavy atom. The number of benzene rings is 1. The zero-order chi connectivity index (χ0) is 17.0. The third-order valence-electron chi connectivity index (χ3n) is 3.42. The van der Waals surface area contributed by atoms with Gasteiger partial charge in [-0.3, -0.25) is 9.59 Å². The largest absolute Gasteiger partial charge is 0.481 e. The van der Waals surface area contributed by atoms with Crippen molar-refractivity contribution in [2.45, 2.75) is 33.6 Å². The molecule has 6 heteroatoms. The third-order valence-corrected chi connectivity index (χ3v) is 3.42. The highest BCUT2D eigenvalue weighted by Crippen LogP contribution is 2.16. The highest BCUT2D eigenvalue weighted by Gasteiger charge is 2.13. The molecule has 1 amide bonds. The normalized spacial score (nSPS) is 10.6. The number of carbonyl (C=O) groups excluding carboxylic acids is 1. The average molecular weight is 315 g/mol. The van der Waals surface area contributed by atoms with Gasteiger partial charge in [-0.2, -0.15) is 5.10 Å². The van der Waals surface area contributed by atoms with Crippen LogP contribution in [-0.2, 0) is 4.79 Å². The summed E-state index contributed by atoms with van der Waals surface area (Å²) < 4.78 is 1.74. The van der Waals surface area contributed by atoms with E-state index in [9.17, 15) is 9.59 Å². The van der Waals surface area contributed by atoms with Gasteiger partial charge in [0, 0.05) is 18.7 Å². The zero-order valence-corrected chi connectivity index (χ0v) is 13.6. The Balaban J connectivity index is 2.11. The molecule has 1 aromatic heterocycles. The molecule has 0 saturated heterocycles. The number of aryl methyl sites for hydroxylation is 3. The van der Waals surface area contributed by atoms with Crippen LogP contribution in [0.5, 0.6) is 0 Å². The van der Waals surface area contributed by atoms with Crippen molar-refractivity contribution in [3.05, 3.63) is 46.8 Å². The highest BCUT2D eigenvalue weighted by atomic mass is 16.4. The summed E-state index contributed by atoms with van der Waals surface area (Å²) in [4.78, 5) is 22.5. The lowest BCUT2D eigenvalue weighted by Crippen LogP contribution is -2.25. The maximum atomic E-state index is 12.1. The van der Waals surface area contributed by atoms with Crippen LogP contribution >= 0.6 is 0 Å². The lowest BCUT2D eigenvalue weighted by Gasteiger charge is -2.07. The Kier molecular flexibility index (Phi) is 5.16. The molecule has 0 bridgehead atoms. The van der Waals surface area contributed by atoms with Gasteiger partial charge in [0.25, 0.3) is 5.91 Å². The second kappa shape index (κ2) is 7.09. The minimum Gasteiger partial charge on any atom is -0.481 e. The number of hydrogen-bond donors (Lipinski definition) is 2. The lowest BCUT2D eigenvalue weighted by atomic mass is 10.1. The van der Waals surface area contributed by atoms with Gasteiger partial charge in [0.05, 0.1) is 5.69 Å². The number of amides is 1. The van der Waals surface area contributed by atoms with Crippen molar-refractivity contribution < 1.29 is 14.7 Å². The molecule has 1 heterocycles. The summed E-state index contributed by atoms with van der Waals surface area (Å²) in [7, 11) is 0. The molecule has 0 spiro atoms. The molecule has 2 rings (SSSR count). The summed E-state index contributed by atoms with van der Waals surface area (Å²) in [6.45, 7) is 6.25. The van der Waals surface area contributed by atoms with Crippen molar-refractivity contribution >= 4 is 11.9 Å². The fourth-order valence-corrected chi connectivity index (χ4v) is 2.45. The van der Waals surface area contributed by atoms with Crippen molar-refractivity contribution in [3.8, 4) is 5.69 Å². The maximum Gasteiger partial charge on any atom is 0.303 e. The van der Waals surface area contributed by atoms with E-state index in [0.717, 1.165) is 22.5 Å². The van der Waals surface area contributed by atoms with E-state index < -0.39 is 5.97 Å². The number of carbonyl (C=O) groups is 2. The van der Waals surface area contributed by atoms with Crippen molar-refractivity contribution in [3.63, 3.8) is 0 Å². The van der Waals surface area contributed by atoms with E-state index in [2.05, 4.69) is 16.5 Å². The minimum atomic E-state index is -0.866. The van der Waals surface area contributed by atoms with Crippen LogP contribution in [0.1, 0.15) is 40.2 Å². The van der Waals surface area contributed by atoms with E-state index >= 15 is 0 Å². The molecule has 0 unspecified atom stereocenters. The van der Waals surface area contributed by atoms with Crippen molar-refractivity contribution in [1.29, 1.82) is 0 Å². The van der Waals surface area contributed by atoms with Gasteiger partial charge >= 0.3 is 5.97 Å². The van der Waals surface area contributed by atoms with Gasteiger partial charge in [0.15, 0.2) is 5.69 Å². The Morgan fingerprint density at radius 1 is 1.13 bits per heavy atom. The molecule has 0 aliphatic heterocycles. The van der Waals surface area contributed by atoms with Gasteiger partial charge in [-0.15, -0.1) is 0 Å². The summed E-state index contributed by atoms with van der Waals surface area (Å²) in [5, 5.41) is 15.6. The third kappa shape index (κ3) is 4.42. The smallest absolute Gasteiger partial charge is 0.303 e. The van der Waals surface area contributed by atoms with Gasteiger partial charge in [-0.05, 0) is 56.5 Å². The predicted molar refractivity (Wildman–Crippen MR) is 87.0 cm³/mol. The number of nitrogens with one attached hydrogen (secondary N) is 1. The van der Waals surface area contributed by atoms with Crippen LogP contribution in [0, 0.1) is 20.8 Å². The lowest BCUT2D eigenvalue weighted by molar-refractivity contribution is -0.137. The fourth-order valence-electron chi connectivity index (χ4n) is 2.45. The Labute approximate surface area is 135 Å². The SMILES string of the molecule is Cc1cc(C)cc(-n2nc(C(=O)NCCCC(=O)O)cc2C)c1. The molecule has 122 valence electrons. The van der Waals surface area contributed by atoms with Gasteiger partial charge < -0.3 is 10.4 Å². The Hall–Kier alpha value is -2.63. The van der Waals surface area contributed by atoms with Crippen LogP contribution in [0.25, 0.3) is 5.69 Å². The summed E-state index contributed by atoms with van der Waals surface area (Å²) in [6, 6.07) is 7.84. The number of aromatic nitrogens is 2. The Morgan fingerprint density at radius 2 is 1.78 bits per heavy atom. The number of carboxylic acid groups (broad SMARTS) is 1.